The maximum absolute atomic E-state index is 12.5. The van der Waals surface area contributed by atoms with Crippen LogP contribution in [0.3, 0.4) is 0 Å². The van der Waals surface area contributed by atoms with Crippen molar-refractivity contribution in [1.82, 2.24) is 0 Å². The number of hydrogen-bond acceptors (Lipinski definition) is 2. The van der Waals surface area contributed by atoms with Crippen LogP contribution in [0.4, 0.5) is 0 Å². The first-order valence-corrected chi connectivity index (χ1v) is 7.97. The molecule has 0 spiro atoms. The minimum atomic E-state index is -3.88. The smallest absolute Gasteiger partial charge is 0.209 e. The van der Waals surface area contributed by atoms with Crippen LogP contribution in [0.25, 0.3) is 0 Å². The summed E-state index contributed by atoms with van der Waals surface area (Å²) in [5.74, 6) is 0. The van der Waals surface area contributed by atoms with Gasteiger partial charge in [0.1, 0.15) is 4.90 Å². The van der Waals surface area contributed by atoms with Gasteiger partial charge in [0, 0.05) is 10.0 Å². The van der Waals surface area contributed by atoms with Crippen LogP contribution in [-0.2, 0) is 9.84 Å². The molecule has 100 valence electrons. The maximum atomic E-state index is 12.5. The molecule has 2 rings (SSSR count). The molecule has 0 amide bonds. The lowest BCUT2D eigenvalue weighted by molar-refractivity contribution is 0.596. The summed E-state index contributed by atoms with van der Waals surface area (Å²) in [6, 6.07) is 8.49. The van der Waals surface area contributed by atoms with E-state index in [9.17, 15) is 8.42 Å². The van der Waals surface area contributed by atoms with E-state index in [1.54, 1.807) is 6.07 Å². The Bertz CT molecular complexity index is 701. The molecular weight excluding hydrogens is 350 g/mol. The third-order valence-electron chi connectivity index (χ3n) is 2.33. The van der Waals surface area contributed by atoms with Crippen LogP contribution in [0.1, 0.15) is 0 Å². The van der Waals surface area contributed by atoms with Crippen molar-refractivity contribution in [1.29, 1.82) is 0 Å². The van der Waals surface area contributed by atoms with Crippen LogP contribution >= 0.6 is 46.4 Å². The summed E-state index contributed by atoms with van der Waals surface area (Å²) in [7, 11) is -3.88. The molecule has 2 nitrogen and oxygen atoms in total. The summed E-state index contributed by atoms with van der Waals surface area (Å²) in [6.07, 6.45) is 0. The molecule has 0 bridgehead atoms. The average Bonchev–Trinajstić information content (AvgIpc) is 2.26. The molecule has 0 aromatic heterocycles. The molecule has 0 atom stereocenters. The Balaban J connectivity index is 2.73. The van der Waals surface area contributed by atoms with Crippen molar-refractivity contribution in [3.8, 4) is 0 Å². The SMILES string of the molecule is O=S(=O)(c1cc(Cl)cc(Cl)c1)c1c(Cl)cccc1Cl. The second kappa shape index (κ2) is 5.51. The standard InChI is InChI=1S/C12H6Cl4O2S/c13-7-4-8(14)6-9(5-7)19(17,18)12-10(15)2-1-3-11(12)16/h1-6H. The summed E-state index contributed by atoms with van der Waals surface area (Å²) < 4.78 is 25.0. The minimum Gasteiger partial charge on any atom is -0.218 e. The highest BCUT2D eigenvalue weighted by Crippen LogP contribution is 2.35. The Morgan fingerprint density at radius 2 is 1.26 bits per heavy atom. The highest BCUT2D eigenvalue weighted by Gasteiger charge is 2.24. The first-order valence-electron chi connectivity index (χ1n) is 4.97. The highest BCUT2D eigenvalue weighted by molar-refractivity contribution is 7.91. The van der Waals surface area contributed by atoms with Crippen molar-refractivity contribution in [3.05, 3.63) is 56.5 Å². The van der Waals surface area contributed by atoms with Crippen LogP contribution in [0, 0.1) is 0 Å². The second-order valence-corrected chi connectivity index (χ2v) is 7.23. The number of hydrogen-bond donors (Lipinski definition) is 0. The van der Waals surface area contributed by atoms with Crippen LogP contribution in [0.5, 0.6) is 0 Å². The van der Waals surface area contributed by atoms with Gasteiger partial charge >= 0.3 is 0 Å². The lowest BCUT2D eigenvalue weighted by Gasteiger charge is -2.09. The third-order valence-corrected chi connectivity index (χ3v) is 5.46. The van der Waals surface area contributed by atoms with E-state index >= 15 is 0 Å². The lowest BCUT2D eigenvalue weighted by atomic mass is 10.3. The zero-order valence-electron chi connectivity index (χ0n) is 9.20. The summed E-state index contributed by atoms with van der Waals surface area (Å²) >= 11 is 23.4. The molecule has 0 aliphatic rings. The van der Waals surface area contributed by atoms with Gasteiger partial charge < -0.3 is 0 Å². The Hall–Kier alpha value is -0.450. The number of halogens is 4. The summed E-state index contributed by atoms with van der Waals surface area (Å²) in [5.41, 5.74) is 0. The fourth-order valence-corrected chi connectivity index (χ4v) is 4.65. The van der Waals surface area contributed by atoms with E-state index in [0.29, 0.717) is 0 Å². The lowest BCUT2D eigenvalue weighted by Crippen LogP contribution is -2.04. The van der Waals surface area contributed by atoms with Gasteiger partial charge in [0.2, 0.25) is 9.84 Å². The minimum absolute atomic E-state index is 0.0450. The van der Waals surface area contributed by atoms with Gasteiger partial charge in [-0.3, -0.25) is 0 Å². The molecule has 2 aromatic rings. The predicted octanol–water partition coefficient (Wildman–Crippen LogP) is 5.13. The molecule has 19 heavy (non-hydrogen) atoms. The van der Waals surface area contributed by atoms with E-state index in [-0.39, 0.29) is 29.9 Å². The van der Waals surface area contributed by atoms with E-state index < -0.39 is 9.84 Å². The van der Waals surface area contributed by atoms with Gasteiger partial charge in [0.15, 0.2) is 0 Å². The molecule has 0 unspecified atom stereocenters. The Morgan fingerprint density at radius 3 is 1.74 bits per heavy atom. The van der Waals surface area contributed by atoms with Crippen LogP contribution in [0.2, 0.25) is 20.1 Å². The number of sulfone groups is 1. The van der Waals surface area contributed by atoms with E-state index in [1.165, 1.54) is 30.3 Å². The van der Waals surface area contributed by atoms with Crippen molar-refractivity contribution in [3.63, 3.8) is 0 Å². The summed E-state index contributed by atoms with van der Waals surface area (Å²) in [6.45, 7) is 0. The molecule has 2 aromatic carbocycles. The summed E-state index contributed by atoms with van der Waals surface area (Å²) in [4.78, 5) is -0.211. The van der Waals surface area contributed by atoms with Crippen LogP contribution in [-0.4, -0.2) is 8.42 Å². The monoisotopic (exact) mass is 354 g/mol. The van der Waals surface area contributed by atoms with Gasteiger partial charge in [-0.05, 0) is 30.3 Å². The topological polar surface area (TPSA) is 34.1 Å². The summed E-state index contributed by atoms with van der Waals surface area (Å²) in [5, 5.41) is 0.524. The van der Waals surface area contributed by atoms with E-state index in [0.717, 1.165) is 0 Å². The van der Waals surface area contributed by atoms with Gasteiger partial charge in [-0.2, -0.15) is 0 Å². The van der Waals surface area contributed by atoms with Crippen molar-refractivity contribution in [2.24, 2.45) is 0 Å². The fourth-order valence-electron chi connectivity index (χ4n) is 1.54. The highest BCUT2D eigenvalue weighted by atomic mass is 35.5. The van der Waals surface area contributed by atoms with Gasteiger partial charge in [-0.15, -0.1) is 0 Å². The molecule has 0 saturated heterocycles. The Kier molecular flexibility index (Phi) is 4.33. The molecule has 0 aliphatic carbocycles. The molecule has 7 heteroatoms. The number of benzene rings is 2. The molecule has 0 fully saturated rings. The van der Waals surface area contributed by atoms with Crippen molar-refractivity contribution in [2.75, 3.05) is 0 Å². The van der Waals surface area contributed by atoms with Gasteiger partial charge in [0.05, 0.1) is 14.9 Å². The average molecular weight is 356 g/mol. The first-order chi connectivity index (χ1) is 8.82. The molecule has 0 radical (unpaired) electrons. The van der Waals surface area contributed by atoms with Gasteiger partial charge in [-0.1, -0.05) is 52.5 Å². The largest absolute Gasteiger partial charge is 0.218 e. The molecular formula is C12H6Cl4O2S. The predicted molar refractivity (Wildman–Crippen MR) is 78.4 cm³/mol. The van der Waals surface area contributed by atoms with Crippen molar-refractivity contribution >= 4 is 56.2 Å². The zero-order chi connectivity index (χ0) is 14.2. The van der Waals surface area contributed by atoms with Crippen LogP contribution < -0.4 is 0 Å². The van der Waals surface area contributed by atoms with Gasteiger partial charge in [-0.25, -0.2) is 8.42 Å². The Morgan fingerprint density at radius 1 is 0.789 bits per heavy atom. The zero-order valence-corrected chi connectivity index (χ0v) is 13.0. The van der Waals surface area contributed by atoms with Crippen molar-refractivity contribution in [2.45, 2.75) is 9.79 Å². The fraction of sp³-hybridized carbons (Fsp3) is 0. The first kappa shape index (κ1) is 14.9. The maximum Gasteiger partial charge on any atom is 0.209 e. The van der Waals surface area contributed by atoms with Crippen LogP contribution in [0.15, 0.2) is 46.2 Å². The Labute approximate surface area is 130 Å². The van der Waals surface area contributed by atoms with E-state index in [1.807, 2.05) is 0 Å². The molecule has 0 saturated carbocycles. The second-order valence-electron chi connectivity index (χ2n) is 3.66. The quantitative estimate of drug-likeness (QED) is 0.747. The van der Waals surface area contributed by atoms with E-state index in [2.05, 4.69) is 0 Å². The van der Waals surface area contributed by atoms with Crippen molar-refractivity contribution < 1.29 is 8.42 Å². The molecule has 0 aliphatic heterocycles. The molecule has 0 N–H and O–H groups in total. The third kappa shape index (κ3) is 3.01. The van der Waals surface area contributed by atoms with E-state index in [4.69, 9.17) is 46.4 Å². The molecule has 0 heterocycles. The normalized spacial score (nSPS) is 11.6. The number of rotatable bonds is 2. The van der Waals surface area contributed by atoms with Gasteiger partial charge in [0.25, 0.3) is 0 Å².